The van der Waals surface area contributed by atoms with Crippen LogP contribution in [0.4, 0.5) is 0 Å². The first-order valence-corrected chi connectivity index (χ1v) is 4.55. The van der Waals surface area contributed by atoms with Crippen molar-refractivity contribution in [3.63, 3.8) is 0 Å². The number of aliphatic imine (C=N–C) groups is 1. The molecule has 1 rings (SSSR count). The van der Waals surface area contributed by atoms with Gasteiger partial charge < -0.3 is 11.1 Å². The molecule has 0 aromatic carbocycles. The molecule has 1 aliphatic rings. The van der Waals surface area contributed by atoms with E-state index in [4.69, 9.17) is 5.73 Å². The molecule has 0 heterocycles. The maximum atomic E-state index is 5.67. The van der Waals surface area contributed by atoms with Gasteiger partial charge in [-0.3, -0.25) is 4.99 Å². The second-order valence-electron chi connectivity index (χ2n) is 4.54. The van der Waals surface area contributed by atoms with Crippen LogP contribution in [-0.4, -0.2) is 18.0 Å². The second kappa shape index (κ2) is 3.33. The summed E-state index contributed by atoms with van der Waals surface area (Å²) in [6.45, 7) is 7.13. The first-order valence-electron chi connectivity index (χ1n) is 4.55. The lowest BCUT2D eigenvalue weighted by Gasteiger charge is -2.20. The number of nitrogens with zero attached hydrogens (tertiary/aromatic N) is 1. The molecule has 0 aromatic rings. The summed E-state index contributed by atoms with van der Waals surface area (Å²) in [4.78, 5) is 4.25. The van der Waals surface area contributed by atoms with Crippen LogP contribution < -0.4 is 11.1 Å². The topological polar surface area (TPSA) is 50.4 Å². The summed E-state index contributed by atoms with van der Waals surface area (Å²) in [5, 5.41) is 3.13. The Hall–Kier alpha value is -0.730. The van der Waals surface area contributed by atoms with Gasteiger partial charge in [-0.1, -0.05) is 0 Å². The highest BCUT2D eigenvalue weighted by atomic mass is 15.1. The summed E-state index contributed by atoms with van der Waals surface area (Å²) < 4.78 is 0. The van der Waals surface area contributed by atoms with Gasteiger partial charge in [0.1, 0.15) is 0 Å². The maximum Gasteiger partial charge on any atom is 0.188 e. The molecule has 0 unspecified atom stereocenters. The van der Waals surface area contributed by atoms with Crippen molar-refractivity contribution in [2.45, 2.75) is 39.2 Å². The third-order valence-corrected chi connectivity index (χ3v) is 1.72. The highest BCUT2D eigenvalue weighted by Crippen LogP contribution is 2.28. The van der Waals surface area contributed by atoms with Crippen molar-refractivity contribution in [1.82, 2.24) is 5.32 Å². The highest BCUT2D eigenvalue weighted by molar-refractivity contribution is 5.78. The van der Waals surface area contributed by atoms with Gasteiger partial charge in [-0.05, 0) is 39.5 Å². The average molecular weight is 169 g/mol. The quantitative estimate of drug-likeness (QED) is 0.480. The number of hydrogen-bond donors (Lipinski definition) is 2. The summed E-state index contributed by atoms with van der Waals surface area (Å²) in [5.41, 5.74) is 5.70. The minimum atomic E-state index is 0.0249. The van der Waals surface area contributed by atoms with E-state index in [1.165, 1.54) is 12.8 Å². The first-order chi connectivity index (χ1) is 5.47. The fourth-order valence-corrected chi connectivity index (χ4v) is 0.952. The molecule has 0 spiro atoms. The fraction of sp³-hybridized carbons (Fsp3) is 0.889. The van der Waals surface area contributed by atoms with Crippen LogP contribution in [0.1, 0.15) is 33.6 Å². The molecule has 0 aliphatic heterocycles. The van der Waals surface area contributed by atoms with Gasteiger partial charge in [0.25, 0.3) is 0 Å². The Morgan fingerprint density at radius 1 is 1.50 bits per heavy atom. The lowest BCUT2D eigenvalue weighted by molar-refractivity contribution is 0.508. The fourth-order valence-electron chi connectivity index (χ4n) is 0.952. The molecule has 0 radical (unpaired) electrons. The minimum absolute atomic E-state index is 0.0249. The molecule has 1 fully saturated rings. The van der Waals surface area contributed by atoms with Crippen molar-refractivity contribution in [3.05, 3.63) is 0 Å². The van der Waals surface area contributed by atoms with Crippen molar-refractivity contribution in [3.8, 4) is 0 Å². The van der Waals surface area contributed by atoms with E-state index in [1.807, 2.05) is 0 Å². The lowest BCUT2D eigenvalue weighted by Crippen LogP contribution is -2.45. The second-order valence-corrected chi connectivity index (χ2v) is 4.54. The molecule has 70 valence electrons. The van der Waals surface area contributed by atoms with E-state index in [9.17, 15) is 0 Å². The molecule has 0 bridgehead atoms. The molecular formula is C9H19N3. The Labute approximate surface area is 74.4 Å². The SMILES string of the molecule is CC(C)(C)NC(N)=NCC1CC1. The van der Waals surface area contributed by atoms with Gasteiger partial charge in [0.2, 0.25) is 0 Å². The third kappa shape index (κ3) is 4.21. The number of hydrogen-bond acceptors (Lipinski definition) is 1. The predicted octanol–water partition coefficient (Wildman–Crippen LogP) is 1.10. The highest BCUT2D eigenvalue weighted by Gasteiger charge is 2.20. The van der Waals surface area contributed by atoms with Gasteiger partial charge in [0.05, 0.1) is 0 Å². The van der Waals surface area contributed by atoms with E-state index in [0.717, 1.165) is 12.5 Å². The van der Waals surface area contributed by atoms with E-state index < -0.39 is 0 Å². The molecule has 3 heteroatoms. The van der Waals surface area contributed by atoms with Crippen LogP contribution in [0, 0.1) is 5.92 Å². The van der Waals surface area contributed by atoms with Gasteiger partial charge in [-0.25, -0.2) is 0 Å². The van der Waals surface area contributed by atoms with Crippen LogP contribution in [0.25, 0.3) is 0 Å². The van der Waals surface area contributed by atoms with Gasteiger partial charge in [0, 0.05) is 12.1 Å². The minimum Gasteiger partial charge on any atom is -0.370 e. The van der Waals surface area contributed by atoms with Crippen LogP contribution in [0.5, 0.6) is 0 Å². The van der Waals surface area contributed by atoms with Crippen LogP contribution in [0.3, 0.4) is 0 Å². The molecule has 0 amide bonds. The van der Waals surface area contributed by atoms with Crippen molar-refractivity contribution < 1.29 is 0 Å². The maximum absolute atomic E-state index is 5.67. The zero-order valence-electron chi connectivity index (χ0n) is 8.22. The third-order valence-electron chi connectivity index (χ3n) is 1.72. The molecule has 1 saturated carbocycles. The van der Waals surface area contributed by atoms with Crippen molar-refractivity contribution >= 4 is 5.96 Å². The summed E-state index contributed by atoms with van der Waals surface area (Å²) in [6.07, 6.45) is 2.65. The molecule has 0 saturated heterocycles. The molecule has 12 heavy (non-hydrogen) atoms. The van der Waals surface area contributed by atoms with Gasteiger partial charge in [-0.15, -0.1) is 0 Å². The Balaban J connectivity index is 2.25. The van der Waals surface area contributed by atoms with Crippen molar-refractivity contribution in [2.75, 3.05) is 6.54 Å². The van der Waals surface area contributed by atoms with Crippen molar-refractivity contribution in [1.29, 1.82) is 0 Å². The smallest absolute Gasteiger partial charge is 0.188 e. The number of rotatable bonds is 2. The lowest BCUT2D eigenvalue weighted by atomic mass is 10.1. The number of nitrogens with two attached hydrogens (primary N) is 1. The predicted molar refractivity (Wildman–Crippen MR) is 52.1 cm³/mol. The van der Waals surface area contributed by atoms with Gasteiger partial charge >= 0.3 is 0 Å². The average Bonchev–Trinajstić information content (AvgIpc) is 2.61. The van der Waals surface area contributed by atoms with E-state index in [-0.39, 0.29) is 5.54 Å². The Morgan fingerprint density at radius 2 is 2.08 bits per heavy atom. The largest absolute Gasteiger partial charge is 0.370 e. The molecule has 0 atom stereocenters. The van der Waals surface area contributed by atoms with Gasteiger partial charge in [-0.2, -0.15) is 0 Å². The van der Waals surface area contributed by atoms with Crippen LogP contribution in [0.15, 0.2) is 4.99 Å². The number of guanidine groups is 1. The molecule has 3 nitrogen and oxygen atoms in total. The summed E-state index contributed by atoms with van der Waals surface area (Å²) in [6, 6.07) is 0. The van der Waals surface area contributed by atoms with Gasteiger partial charge in [0.15, 0.2) is 5.96 Å². The number of nitrogens with one attached hydrogen (secondary N) is 1. The molecule has 0 aromatic heterocycles. The van der Waals surface area contributed by atoms with Crippen LogP contribution >= 0.6 is 0 Å². The molecular weight excluding hydrogens is 150 g/mol. The van der Waals surface area contributed by atoms with E-state index in [1.54, 1.807) is 0 Å². The first kappa shape index (κ1) is 9.36. The summed E-state index contributed by atoms with van der Waals surface area (Å²) in [7, 11) is 0. The van der Waals surface area contributed by atoms with E-state index in [0.29, 0.717) is 5.96 Å². The molecule has 3 N–H and O–H groups in total. The van der Waals surface area contributed by atoms with E-state index in [2.05, 4.69) is 31.1 Å². The summed E-state index contributed by atoms with van der Waals surface area (Å²) in [5.74, 6) is 1.39. The Bertz CT molecular complexity index is 175. The normalized spacial score (nSPS) is 19.4. The standard InChI is InChI=1S/C9H19N3/c1-9(2,3)12-8(10)11-6-7-4-5-7/h7H,4-6H2,1-3H3,(H3,10,11,12). The zero-order valence-corrected chi connectivity index (χ0v) is 8.22. The Kier molecular flexibility index (Phi) is 2.60. The van der Waals surface area contributed by atoms with Crippen molar-refractivity contribution in [2.24, 2.45) is 16.6 Å². The molecule has 1 aliphatic carbocycles. The zero-order chi connectivity index (χ0) is 9.19. The van der Waals surface area contributed by atoms with Crippen LogP contribution in [0.2, 0.25) is 0 Å². The summed E-state index contributed by atoms with van der Waals surface area (Å²) >= 11 is 0. The van der Waals surface area contributed by atoms with Crippen LogP contribution in [-0.2, 0) is 0 Å². The Morgan fingerprint density at radius 3 is 2.50 bits per heavy atom. The van der Waals surface area contributed by atoms with E-state index >= 15 is 0 Å². The monoisotopic (exact) mass is 169 g/mol.